The van der Waals surface area contributed by atoms with E-state index in [4.69, 9.17) is 15.2 Å². The number of hydrogen-bond donors (Lipinski definition) is 1. The van der Waals surface area contributed by atoms with Crippen molar-refractivity contribution in [1.29, 1.82) is 0 Å². The van der Waals surface area contributed by atoms with Crippen molar-refractivity contribution in [1.82, 2.24) is 0 Å². The fraction of sp³-hybridized carbons (Fsp3) is 0.500. The number of carbonyl (C=O) groups is 1. The highest BCUT2D eigenvalue weighted by atomic mass is 16.5. The summed E-state index contributed by atoms with van der Waals surface area (Å²) in [6, 6.07) is 5.45. The Morgan fingerprint density at radius 2 is 2.26 bits per heavy atom. The molecule has 1 aromatic carbocycles. The Morgan fingerprint density at radius 1 is 1.53 bits per heavy atom. The average molecular weight is 264 g/mol. The van der Waals surface area contributed by atoms with Crippen LogP contribution in [0.5, 0.6) is 0 Å². The zero-order valence-corrected chi connectivity index (χ0v) is 11.6. The molecule has 104 valence electrons. The lowest BCUT2D eigenvalue weighted by molar-refractivity contribution is 0.0601. The number of benzene rings is 1. The minimum atomic E-state index is -0.356. The van der Waals surface area contributed by atoms with Gasteiger partial charge in [-0.05, 0) is 31.5 Å². The van der Waals surface area contributed by atoms with Crippen molar-refractivity contribution in [2.24, 2.45) is 0 Å². The van der Waals surface area contributed by atoms with Crippen molar-refractivity contribution in [3.8, 4) is 0 Å². The van der Waals surface area contributed by atoms with Crippen LogP contribution in [0.4, 0.5) is 11.4 Å². The summed E-state index contributed by atoms with van der Waals surface area (Å²) in [6.45, 7) is 2.81. The summed E-state index contributed by atoms with van der Waals surface area (Å²) >= 11 is 0. The number of likely N-dealkylation sites (N-methyl/N-ethyl adjacent to an activating group) is 1. The quantitative estimate of drug-likeness (QED) is 0.664. The number of hydrogen-bond acceptors (Lipinski definition) is 5. The van der Waals surface area contributed by atoms with Crippen molar-refractivity contribution in [3.05, 3.63) is 23.8 Å². The van der Waals surface area contributed by atoms with E-state index in [1.165, 1.54) is 7.11 Å². The predicted octanol–water partition coefficient (Wildman–Crippen LogP) is 1.67. The van der Waals surface area contributed by atoms with Crippen LogP contribution in [0.15, 0.2) is 18.2 Å². The highest BCUT2D eigenvalue weighted by Crippen LogP contribution is 2.29. The second-order valence-electron chi connectivity index (χ2n) is 4.81. The topological polar surface area (TPSA) is 64.8 Å². The molecule has 2 rings (SSSR count). The summed E-state index contributed by atoms with van der Waals surface area (Å²) in [7, 11) is 3.34. The molecule has 2 unspecified atom stereocenters. The van der Waals surface area contributed by atoms with Gasteiger partial charge in [0.25, 0.3) is 0 Å². The maximum atomic E-state index is 11.6. The molecule has 1 aliphatic heterocycles. The first-order valence-electron chi connectivity index (χ1n) is 6.37. The summed E-state index contributed by atoms with van der Waals surface area (Å²) in [5.41, 5.74) is 8.00. The Balaban J connectivity index is 2.30. The third-order valence-electron chi connectivity index (χ3n) is 3.67. The fourth-order valence-electron chi connectivity index (χ4n) is 2.50. The van der Waals surface area contributed by atoms with E-state index in [1.807, 2.05) is 7.05 Å². The van der Waals surface area contributed by atoms with E-state index in [2.05, 4.69) is 11.8 Å². The number of ether oxygens (including phenoxy) is 2. The van der Waals surface area contributed by atoms with Crippen LogP contribution >= 0.6 is 0 Å². The standard InChI is InChI=1S/C14H20N2O3/c1-9-12(6-7-19-9)16(2)13-8-10(14(17)18-3)4-5-11(13)15/h4-5,8-9,12H,6-7,15H2,1-3H3. The van der Waals surface area contributed by atoms with Gasteiger partial charge in [-0.2, -0.15) is 0 Å². The van der Waals surface area contributed by atoms with Crippen molar-refractivity contribution in [2.45, 2.75) is 25.5 Å². The number of esters is 1. The summed E-state index contributed by atoms with van der Waals surface area (Å²) in [5.74, 6) is -0.356. The molecule has 0 amide bonds. The summed E-state index contributed by atoms with van der Waals surface area (Å²) < 4.78 is 10.3. The first kappa shape index (κ1) is 13.7. The van der Waals surface area contributed by atoms with E-state index in [1.54, 1.807) is 18.2 Å². The van der Waals surface area contributed by atoms with E-state index in [9.17, 15) is 4.79 Å². The number of nitrogen functional groups attached to an aromatic ring is 1. The molecule has 0 aliphatic carbocycles. The van der Waals surface area contributed by atoms with E-state index < -0.39 is 0 Å². The van der Waals surface area contributed by atoms with Gasteiger partial charge >= 0.3 is 5.97 Å². The molecule has 1 fully saturated rings. The molecule has 1 heterocycles. The molecule has 19 heavy (non-hydrogen) atoms. The van der Waals surface area contributed by atoms with Crippen LogP contribution < -0.4 is 10.6 Å². The molecule has 2 atom stereocenters. The highest BCUT2D eigenvalue weighted by molar-refractivity contribution is 5.92. The third kappa shape index (κ3) is 2.66. The van der Waals surface area contributed by atoms with Crippen LogP contribution in [-0.4, -0.2) is 38.9 Å². The van der Waals surface area contributed by atoms with Gasteiger partial charge in [0.1, 0.15) is 0 Å². The van der Waals surface area contributed by atoms with Gasteiger partial charge in [0, 0.05) is 13.7 Å². The van der Waals surface area contributed by atoms with Gasteiger partial charge in [-0.3, -0.25) is 0 Å². The van der Waals surface area contributed by atoms with Crippen LogP contribution in [0.3, 0.4) is 0 Å². The van der Waals surface area contributed by atoms with Gasteiger partial charge in [-0.15, -0.1) is 0 Å². The molecule has 2 N–H and O–H groups in total. The lowest BCUT2D eigenvalue weighted by Gasteiger charge is -2.30. The predicted molar refractivity (Wildman–Crippen MR) is 74.4 cm³/mol. The van der Waals surface area contributed by atoms with E-state index in [-0.39, 0.29) is 18.1 Å². The number of anilines is 2. The molecular weight excluding hydrogens is 244 g/mol. The minimum Gasteiger partial charge on any atom is -0.465 e. The zero-order valence-electron chi connectivity index (χ0n) is 11.6. The molecule has 0 aromatic heterocycles. The number of carbonyl (C=O) groups excluding carboxylic acids is 1. The first-order valence-corrected chi connectivity index (χ1v) is 6.37. The van der Waals surface area contributed by atoms with Crippen molar-refractivity contribution < 1.29 is 14.3 Å². The second kappa shape index (κ2) is 5.48. The maximum Gasteiger partial charge on any atom is 0.337 e. The van der Waals surface area contributed by atoms with E-state index >= 15 is 0 Å². The Kier molecular flexibility index (Phi) is 3.95. The molecule has 0 bridgehead atoms. The van der Waals surface area contributed by atoms with E-state index in [0.717, 1.165) is 18.7 Å². The van der Waals surface area contributed by atoms with Crippen molar-refractivity contribution in [2.75, 3.05) is 31.4 Å². The van der Waals surface area contributed by atoms with Crippen LogP contribution in [0, 0.1) is 0 Å². The summed E-state index contributed by atoms with van der Waals surface area (Å²) in [5, 5.41) is 0. The molecule has 5 heteroatoms. The number of rotatable bonds is 3. The van der Waals surface area contributed by atoms with Crippen LogP contribution in [0.1, 0.15) is 23.7 Å². The molecule has 0 spiro atoms. The number of nitrogens with zero attached hydrogens (tertiary/aromatic N) is 1. The first-order chi connectivity index (χ1) is 9.04. The Morgan fingerprint density at radius 3 is 2.84 bits per heavy atom. The van der Waals surface area contributed by atoms with E-state index in [0.29, 0.717) is 11.3 Å². The lowest BCUT2D eigenvalue weighted by Crippen LogP contribution is -2.37. The van der Waals surface area contributed by atoms with Gasteiger partial charge in [-0.25, -0.2) is 4.79 Å². The minimum absolute atomic E-state index is 0.159. The van der Waals surface area contributed by atoms with Gasteiger partial charge < -0.3 is 20.1 Å². The van der Waals surface area contributed by atoms with Gasteiger partial charge in [0.15, 0.2) is 0 Å². The lowest BCUT2D eigenvalue weighted by atomic mass is 10.1. The van der Waals surface area contributed by atoms with Gasteiger partial charge in [-0.1, -0.05) is 0 Å². The average Bonchev–Trinajstić information content (AvgIpc) is 2.84. The summed E-state index contributed by atoms with van der Waals surface area (Å²) in [4.78, 5) is 13.7. The fourth-order valence-corrected chi connectivity index (χ4v) is 2.50. The molecule has 5 nitrogen and oxygen atoms in total. The molecule has 1 saturated heterocycles. The summed E-state index contributed by atoms with van der Waals surface area (Å²) in [6.07, 6.45) is 1.12. The van der Waals surface area contributed by atoms with Gasteiger partial charge in [0.2, 0.25) is 0 Å². The maximum absolute atomic E-state index is 11.6. The molecule has 1 aliphatic rings. The Bertz CT molecular complexity index is 476. The van der Waals surface area contributed by atoms with Crippen molar-refractivity contribution >= 4 is 17.3 Å². The normalized spacial score (nSPS) is 22.3. The molecule has 0 saturated carbocycles. The second-order valence-corrected chi connectivity index (χ2v) is 4.81. The molecular formula is C14H20N2O3. The molecule has 0 radical (unpaired) electrons. The third-order valence-corrected chi connectivity index (χ3v) is 3.67. The largest absolute Gasteiger partial charge is 0.465 e. The van der Waals surface area contributed by atoms with Crippen LogP contribution in [-0.2, 0) is 9.47 Å². The van der Waals surface area contributed by atoms with Crippen LogP contribution in [0.2, 0.25) is 0 Å². The number of nitrogens with two attached hydrogens (primary N) is 1. The molecule has 1 aromatic rings. The highest BCUT2D eigenvalue weighted by Gasteiger charge is 2.29. The Labute approximate surface area is 113 Å². The Hall–Kier alpha value is -1.75. The smallest absolute Gasteiger partial charge is 0.337 e. The zero-order chi connectivity index (χ0) is 14.0. The SMILES string of the molecule is COC(=O)c1ccc(N)c(N(C)C2CCOC2C)c1. The van der Waals surface area contributed by atoms with Crippen molar-refractivity contribution in [3.63, 3.8) is 0 Å². The monoisotopic (exact) mass is 264 g/mol. The van der Waals surface area contributed by atoms with Crippen LogP contribution in [0.25, 0.3) is 0 Å². The number of methoxy groups -OCH3 is 1. The van der Waals surface area contributed by atoms with Gasteiger partial charge in [0.05, 0.1) is 36.2 Å².